The summed E-state index contributed by atoms with van der Waals surface area (Å²) in [5.41, 5.74) is 13.1. The maximum atomic E-state index is 12.4. The van der Waals surface area contributed by atoms with Gasteiger partial charge in [-0.15, -0.1) is 0 Å². The molecule has 8 heteroatoms. The van der Waals surface area contributed by atoms with E-state index in [9.17, 15) is 4.79 Å². The van der Waals surface area contributed by atoms with Crippen molar-refractivity contribution in [3.63, 3.8) is 0 Å². The molecule has 3 aromatic rings. The van der Waals surface area contributed by atoms with E-state index in [2.05, 4.69) is 31.2 Å². The van der Waals surface area contributed by atoms with Gasteiger partial charge in [0.05, 0.1) is 4.47 Å². The topological polar surface area (TPSA) is 116 Å². The molecule has 0 spiro atoms. The Morgan fingerprint density at radius 1 is 1.08 bits per heavy atom. The summed E-state index contributed by atoms with van der Waals surface area (Å²) < 4.78 is 6.43. The molecule has 132 valence electrons. The predicted octanol–water partition coefficient (Wildman–Crippen LogP) is 3.23. The average molecular weight is 414 g/mol. The van der Waals surface area contributed by atoms with Gasteiger partial charge >= 0.3 is 0 Å². The molecule has 0 aliphatic rings. The van der Waals surface area contributed by atoms with Crippen LogP contribution in [0.4, 0.5) is 17.3 Å². The van der Waals surface area contributed by atoms with Gasteiger partial charge in [0.25, 0.3) is 5.91 Å². The van der Waals surface area contributed by atoms with Crippen LogP contribution in [0.5, 0.6) is 5.75 Å². The first-order valence-electron chi connectivity index (χ1n) is 7.68. The van der Waals surface area contributed by atoms with Crippen LogP contribution in [0.2, 0.25) is 0 Å². The van der Waals surface area contributed by atoms with Gasteiger partial charge in [0, 0.05) is 5.56 Å². The minimum Gasteiger partial charge on any atom is -0.488 e. The summed E-state index contributed by atoms with van der Waals surface area (Å²) in [6.07, 6.45) is 1.23. The van der Waals surface area contributed by atoms with Crippen molar-refractivity contribution in [3.8, 4) is 5.75 Å². The summed E-state index contributed by atoms with van der Waals surface area (Å²) in [5.74, 6) is 0.460. The van der Waals surface area contributed by atoms with E-state index in [4.69, 9.17) is 16.2 Å². The molecule has 26 heavy (non-hydrogen) atoms. The highest BCUT2D eigenvalue weighted by atomic mass is 79.9. The number of nitrogens with zero attached hydrogens (tertiary/aromatic N) is 2. The number of ether oxygens (including phenoxy) is 1. The summed E-state index contributed by atoms with van der Waals surface area (Å²) in [6, 6.07) is 14.8. The molecule has 7 nitrogen and oxygen atoms in total. The van der Waals surface area contributed by atoms with Crippen LogP contribution in [-0.4, -0.2) is 15.9 Å². The maximum absolute atomic E-state index is 12.4. The van der Waals surface area contributed by atoms with E-state index in [1.807, 2.05) is 30.3 Å². The van der Waals surface area contributed by atoms with E-state index >= 15 is 0 Å². The highest BCUT2D eigenvalue weighted by Gasteiger charge is 2.14. The third kappa shape index (κ3) is 4.09. The Labute approximate surface area is 158 Å². The fourth-order valence-electron chi connectivity index (χ4n) is 2.22. The van der Waals surface area contributed by atoms with Crippen molar-refractivity contribution in [3.05, 3.63) is 70.5 Å². The van der Waals surface area contributed by atoms with Crippen molar-refractivity contribution in [2.45, 2.75) is 6.61 Å². The van der Waals surface area contributed by atoms with Gasteiger partial charge < -0.3 is 21.5 Å². The standard InChI is InChI=1S/C18H16BrN5O2/c19-13-8-12(18(25)24-15-16(20)22-10-23-17(15)21)6-7-14(13)26-9-11-4-2-1-3-5-11/h1-8,10H,9H2,(H,24,25)(H4,20,21,22,23). The van der Waals surface area contributed by atoms with E-state index in [1.54, 1.807) is 18.2 Å². The molecule has 0 atom stereocenters. The molecule has 0 unspecified atom stereocenters. The van der Waals surface area contributed by atoms with Gasteiger partial charge in [-0.2, -0.15) is 0 Å². The molecule has 0 fully saturated rings. The van der Waals surface area contributed by atoms with Crippen molar-refractivity contribution in [2.75, 3.05) is 16.8 Å². The van der Waals surface area contributed by atoms with Gasteiger partial charge in [-0.05, 0) is 39.7 Å². The summed E-state index contributed by atoms with van der Waals surface area (Å²) in [5, 5.41) is 2.62. The number of benzene rings is 2. The maximum Gasteiger partial charge on any atom is 0.255 e. The first-order chi connectivity index (χ1) is 12.5. The number of hydrogen-bond donors (Lipinski definition) is 3. The lowest BCUT2D eigenvalue weighted by atomic mass is 10.2. The highest BCUT2D eigenvalue weighted by Crippen LogP contribution is 2.28. The SMILES string of the molecule is Nc1ncnc(N)c1NC(=O)c1ccc(OCc2ccccc2)c(Br)c1. The van der Waals surface area contributed by atoms with E-state index < -0.39 is 0 Å². The molecule has 1 heterocycles. The largest absolute Gasteiger partial charge is 0.488 e. The van der Waals surface area contributed by atoms with Crippen LogP contribution in [-0.2, 0) is 6.61 Å². The minimum atomic E-state index is -0.381. The molecule has 0 bridgehead atoms. The second-order valence-electron chi connectivity index (χ2n) is 5.39. The van der Waals surface area contributed by atoms with Crippen molar-refractivity contribution in [1.29, 1.82) is 0 Å². The van der Waals surface area contributed by atoms with Crippen molar-refractivity contribution < 1.29 is 9.53 Å². The molecular formula is C18H16BrN5O2. The van der Waals surface area contributed by atoms with Crippen LogP contribution in [0, 0.1) is 0 Å². The third-order valence-corrected chi connectivity index (χ3v) is 4.20. The zero-order valence-electron chi connectivity index (χ0n) is 13.6. The Morgan fingerprint density at radius 2 is 1.77 bits per heavy atom. The van der Waals surface area contributed by atoms with Crippen LogP contribution in [0.25, 0.3) is 0 Å². The monoisotopic (exact) mass is 413 g/mol. The highest BCUT2D eigenvalue weighted by molar-refractivity contribution is 9.10. The molecule has 1 aromatic heterocycles. The average Bonchev–Trinajstić information content (AvgIpc) is 2.64. The fourth-order valence-corrected chi connectivity index (χ4v) is 2.72. The van der Waals surface area contributed by atoms with E-state index in [0.717, 1.165) is 5.56 Å². The number of hydrogen-bond acceptors (Lipinski definition) is 6. The van der Waals surface area contributed by atoms with Gasteiger partial charge in [0.1, 0.15) is 24.4 Å². The normalized spacial score (nSPS) is 10.3. The number of nitrogen functional groups attached to an aromatic ring is 2. The molecule has 0 radical (unpaired) electrons. The summed E-state index contributed by atoms with van der Waals surface area (Å²) in [4.78, 5) is 20.1. The summed E-state index contributed by atoms with van der Waals surface area (Å²) >= 11 is 3.42. The number of rotatable bonds is 5. The molecular weight excluding hydrogens is 398 g/mol. The van der Waals surface area contributed by atoms with Gasteiger partial charge in [0.15, 0.2) is 11.6 Å². The molecule has 5 N–H and O–H groups in total. The zero-order chi connectivity index (χ0) is 18.5. The number of amides is 1. The number of anilines is 3. The van der Waals surface area contributed by atoms with Gasteiger partial charge in [-0.1, -0.05) is 30.3 Å². The number of carbonyl (C=O) groups is 1. The van der Waals surface area contributed by atoms with Crippen LogP contribution < -0.4 is 21.5 Å². The smallest absolute Gasteiger partial charge is 0.255 e. The van der Waals surface area contributed by atoms with Crippen molar-refractivity contribution in [1.82, 2.24) is 9.97 Å². The Balaban J connectivity index is 1.71. The molecule has 0 aliphatic heterocycles. The molecule has 2 aromatic carbocycles. The Hall–Kier alpha value is -3.13. The van der Waals surface area contributed by atoms with Crippen LogP contribution in [0.1, 0.15) is 15.9 Å². The molecule has 3 rings (SSSR count). The number of aromatic nitrogens is 2. The van der Waals surface area contributed by atoms with Gasteiger partial charge in [-0.25, -0.2) is 9.97 Å². The first kappa shape index (κ1) is 17.7. The predicted molar refractivity (Wildman–Crippen MR) is 104 cm³/mol. The number of halogens is 1. The van der Waals surface area contributed by atoms with Crippen LogP contribution in [0.15, 0.2) is 59.3 Å². The first-order valence-corrected chi connectivity index (χ1v) is 8.47. The van der Waals surface area contributed by atoms with E-state index in [0.29, 0.717) is 22.4 Å². The summed E-state index contributed by atoms with van der Waals surface area (Å²) in [6.45, 7) is 0.430. The van der Waals surface area contributed by atoms with Crippen molar-refractivity contribution in [2.24, 2.45) is 0 Å². The minimum absolute atomic E-state index is 0.104. The lowest BCUT2D eigenvalue weighted by Gasteiger charge is -2.11. The number of nitrogens with two attached hydrogens (primary N) is 2. The number of nitrogens with one attached hydrogen (secondary N) is 1. The third-order valence-electron chi connectivity index (χ3n) is 3.58. The lowest BCUT2D eigenvalue weighted by Crippen LogP contribution is -2.16. The Kier molecular flexibility index (Phi) is 5.33. The molecule has 1 amide bonds. The van der Waals surface area contributed by atoms with Crippen LogP contribution >= 0.6 is 15.9 Å². The van der Waals surface area contributed by atoms with E-state index in [-0.39, 0.29) is 23.2 Å². The number of carbonyl (C=O) groups excluding carboxylic acids is 1. The Bertz CT molecular complexity index is 914. The Morgan fingerprint density at radius 3 is 2.42 bits per heavy atom. The fraction of sp³-hybridized carbons (Fsp3) is 0.0556. The summed E-state index contributed by atoms with van der Waals surface area (Å²) in [7, 11) is 0. The second-order valence-corrected chi connectivity index (χ2v) is 6.25. The molecule has 0 saturated heterocycles. The van der Waals surface area contributed by atoms with Crippen LogP contribution in [0.3, 0.4) is 0 Å². The molecule has 0 saturated carbocycles. The lowest BCUT2D eigenvalue weighted by molar-refractivity contribution is 0.102. The van der Waals surface area contributed by atoms with E-state index in [1.165, 1.54) is 6.33 Å². The van der Waals surface area contributed by atoms with Gasteiger partial charge in [0.2, 0.25) is 0 Å². The zero-order valence-corrected chi connectivity index (χ0v) is 15.2. The molecule has 0 aliphatic carbocycles. The quantitative estimate of drug-likeness (QED) is 0.590. The second kappa shape index (κ2) is 7.83. The van der Waals surface area contributed by atoms with Gasteiger partial charge in [-0.3, -0.25) is 4.79 Å². The van der Waals surface area contributed by atoms with Crippen molar-refractivity contribution >= 4 is 39.2 Å².